The molecule has 0 saturated heterocycles. The van der Waals surface area contributed by atoms with E-state index in [-0.39, 0.29) is 0 Å². The SMILES string of the molecule is COc1c(C(O)c2c(Cl)cccc2Cl)ccc(C)c1C. The van der Waals surface area contributed by atoms with E-state index in [0.717, 1.165) is 11.1 Å². The predicted octanol–water partition coefficient (Wildman–Crippen LogP) is 4.70. The molecule has 2 rings (SSSR count). The molecule has 20 heavy (non-hydrogen) atoms. The number of halogens is 2. The summed E-state index contributed by atoms with van der Waals surface area (Å²) in [6, 6.07) is 8.95. The summed E-state index contributed by atoms with van der Waals surface area (Å²) in [6.45, 7) is 3.95. The summed E-state index contributed by atoms with van der Waals surface area (Å²) in [4.78, 5) is 0. The Bertz CT molecular complexity index is 618. The van der Waals surface area contributed by atoms with Gasteiger partial charge in [-0.3, -0.25) is 0 Å². The third-order valence-electron chi connectivity index (χ3n) is 3.48. The zero-order chi connectivity index (χ0) is 14.9. The number of benzene rings is 2. The number of ether oxygens (including phenoxy) is 1. The first-order chi connectivity index (χ1) is 9.47. The number of aliphatic hydroxyl groups excluding tert-OH is 1. The molecule has 106 valence electrons. The average molecular weight is 311 g/mol. The zero-order valence-corrected chi connectivity index (χ0v) is 13.1. The standard InChI is InChI=1S/C16H16Cl2O2/c1-9-7-8-11(16(20-3)10(9)2)15(19)14-12(17)5-4-6-13(14)18/h4-8,15,19H,1-3H3. The average Bonchev–Trinajstić information content (AvgIpc) is 2.41. The maximum absolute atomic E-state index is 10.6. The molecule has 0 amide bonds. The maximum atomic E-state index is 10.6. The van der Waals surface area contributed by atoms with E-state index >= 15 is 0 Å². The molecule has 2 aromatic rings. The van der Waals surface area contributed by atoms with Gasteiger partial charge >= 0.3 is 0 Å². The van der Waals surface area contributed by atoms with Crippen molar-refractivity contribution in [3.8, 4) is 5.75 Å². The second-order valence-corrected chi connectivity index (χ2v) is 5.48. The van der Waals surface area contributed by atoms with Crippen LogP contribution in [0.4, 0.5) is 0 Å². The highest BCUT2D eigenvalue weighted by atomic mass is 35.5. The quantitative estimate of drug-likeness (QED) is 0.890. The summed E-state index contributed by atoms with van der Waals surface area (Å²) in [5, 5.41) is 11.5. The molecule has 0 radical (unpaired) electrons. The molecule has 2 aromatic carbocycles. The monoisotopic (exact) mass is 310 g/mol. The van der Waals surface area contributed by atoms with Gasteiger partial charge in [0.05, 0.1) is 7.11 Å². The van der Waals surface area contributed by atoms with E-state index in [1.54, 1.807) is 25.3 Å². The number of hydrogen-bond acceptors (Lipinski definition) is 2. The fourth-order valence-electron chi connectivity index (χ4n) is 2.22. The molecule has 2 nitrogen and oxygen atoms in total. The molecule has 1 N–H and O–H groups in total. The van der Waals surface area contributed by atoms with Gasteiger partial charge in [-0.2, -0.15) is 0 Å². The third kappa shape index (κ3) is 2.64. The molecule has 0 aliphatic rings. The van der Waals surface area contributed by atoms with E-state index in [4.69, 9.17) is 27.9 Å². The highest BCUT2D eigenvalue weighted by Crippen LogP contribution is 2.39. The van der Waals surface area contributed by atoms with Crippen molar-refractivity contribution in [1.29, 1.82) is 0 Å². The number of rotatable bonds is 3. The van der Waals surface area contributed by atoms with Gasteiger partial charge in [-0.25, -0.2) is 0 Å². The van der Waals surface area contributed by atoms with Gasteiger partial charge in [-0.1, -0.05) is 41.4 Å². The Kier molecular flexibility index (Phi) is 4.59. The Balaban J connectivity index is 2.60. The van der Waals surface area contributed by atoms with Gasteiger partial charge in [0.1, 0.15) is 11.9 Å². The molecular formula is C16H16Cl2O2. The Morgan fingerprint density at radius 1 is 1.05 bits per heavy atom. The minimum atomic E-state index is -0.926. The van der Waals surface area contributed by atoms with E-state index in [0.29, 0.717) is 26.9 Å². The first kappa shape index (κ1) is 15.2. The smallest absolute Gasteiger partial charge is 0.128 e. The number of methoxy groups -OCH3 is 1. The van der Waals surface area contributed by atoms with Crippen LogP contribution in [0.25, 0.3) is 0 Å². The Hall–Kier alpha value is -1.22. The van der Waals surface area contributed by atoms with Gasteiger partial charge in [-0.05, 0) is 37.1 Å². The van der Waals surface area contributed by atoms with E-state index in [1.165, 1.54) is 0 Å². The van der Waals surface area contributed by atoms with Crippen LogP contribution >= 0.6 is 23.2 Å². The van der Waals surface area contributed by atoms with Crippen molar-refractivity contribution in [3.63, 3.8) is 0 Å². The summed E-state index contributed by atoms with van der Waals surface area (Å²) < 4.78 is 5.43. The lowest BCUT2D eigenvalue weighted by atomic mass is 9.96. The van der Waals surface area contributed by atoms with Crippen LogP contribution in [0.15, 0.2) is 30.3 Å². The predicted molar refractivity (Wildman–Crippen MR) is 83.0 cm³/mol. The van der Waals surface area contributed by atoms with Crippen molar-refractivity contribution in [1.82, 2.24) is 0 Å². The lowest BCUT2D eigenvalue weighted by Gasteiger charge is -2.20. The van der Waals surface area contributed by atoms with Gasteiger partial charge in [0.25, 0.3) is 0 Å². The van der Waals surface area contributed by atoms with Crippen molar-refractivity contribution in [2.75, 3.05) is 7.11 Å². The molecule has 4 heteroatoms. The molecule has 0 aromatic heterocycles. The van der Waals surface area contributed by atoms with E-state index in [2.05, 4.69) is 0 Å². The van der Waals surface area contributed by atoms with Crippen LogP contribution in [-0.2, 0) is 0 Å². The normalized spacial score (nSPS) is 12.3. The molecule has 0 aliphatic carbocycles. The largest absolute Gasteiger partial charge is 0.496 e. The first-order valence-corrected chi connectivity index (χ1v) is 6.99. The summed E-state index contributed by atoms with van der Waals surface area (Å²) in [5.41, 5.74) is 3.25. The molecule has 0 saturated carbocycles. The molecular weight excluding hydrogens is 295 g/mol. The maximum Gasteiger partial charge on any atom is 0.128 e. The van der Waals surface area contributed by atoms with Crippen molar-refractivity contribution >= 4 is 23.2 Å². The summed E-state index contributed by atoms with van der Waals surface area (Å²) in [7, 11) is 1.59. The van der Waals surface area contributed by atoms with Crippen LogP contribution in [0, 0.1) is 13.8 Å². The highest BCUT2D eigenvalue weighted by Gasteiger charge is 2.22. The Morgan fingerprint density at radius 3 is 2.20 bits per heavy atom. The summed E-state index contributed by atoms with van der Waals surface area (Å²) in [5.74, 6) is 0.661. The van der Waals surface area contributed by atoms with Gasteiger partial charge in [0.15, 0.2) is 0 Å². The lowest BCUT2D eigenvalue weighted by Crippen LogP contribution is -2.06. The van der Waals surface area contributed by atoms with Crippen LogP contribution in [0.2, 0.25) is 10.0 Å². The topological polar surface area (TPSA) is 29.5 Å². The fourth-order valence-corrected chi connectivity index (χ4v) is 2.83. The van der Waals surface area contributed by atoms with E-state index < -0.39 is 6.10 Å². The molecule has 0 aliphatic heterocycles. The van der Waals surface area contributed by atoms with Crippen LogP contribution in [0.1, 0.15) is 28.4 Å². The van der Waals surface area contributed by atoms with Crippen molar-refractivity contribution < 1.29 is 9.84 Å². The fraction of sp³-hybridized carbons (Fsp3) is 0.250. The van der Waals surface area contributed by atoms with Crippen LogP contribution < -0.4 is 4.74 Å². The molecule has 0 fully saturated rings. The van der Waals surface area contributed by atoms with Crippen LogP contribution in [0.3, 0.4) is 0 Å². The van der Waals surface area contributed by atoms with E-state index in [1.807, 2.05) is 26.0 Å². The lowest BCUT2D eigenvalue weighted by molar-refractivity contribution is 0.214. The number of aryl methyl sites for hydroxylation is 1. The van der Waals surface area contributed by atoms with Crippen LogP contribution in [0.5, 0.6) is 5.75 Å². The zero-order valence-electron chi connectivity index (χ0n) is 11.6. The van der Waals surface area contributed by atoms with Gasteiger partial charge in [-0.15, -0.1) is 0 Å². The molecule has 0 heterocycles. The third-order valence-corrected chi connectivity index (χ3v) is 4.14. The highest BCUT2D eigenvalue weighted by molar-refractivity contribution is 6.36. The molecule has 1 unspecified atom stereocenters. The van der Waals surface area contributed by atoms with Gasteiger partial charge < -0.3 is 9.84 Å². The van der Waals surface area contributed by atoms with Crippen molar-refractivity contribution in [2.45, 2.75) is 20.0 Å². The second kappa shape index (κ2) is 6.04. The molecule has 0 spiro atoms. The number of hydrogen-bond donors (Lipinski definition) is 1. The van der Waals surface area contributed by atoms with Crippen molar-refractivity contribution in [2.24, 2.45) is 0 Å². The van der Waals surface area contributed by atoms with Gasteiger partial charge in [0, 0.05) is 21.2 Å². The Labute approximate surface area is 128 Å². The number of aliphatic hydroxyl groups is 1. The van der Waals surface area contributed by atoms with Crippen molar-refractivity contribution in [3.05, 3.63) is 62.6 Å². The molecule has 1 atom stereocenters. The van der Waals surface area contributed by atoms with Crippen LogP contribution in [-0.4, -0.2) is 12.2 Å². The Morgan fingerprint density at radius 2 is 1.65 bits per heavy atom. The second-order valence-electron chi connectivity index (χ2n) is 4.67. The minimum Gasteiger partial charge on any atom is -0.496 e. The summed E-state index contributed by atoms with van der Waals surface area (Å²) in [6.07, 6.45) is -0.926. The molecule has 0 bridgehead atoms. The first-order valence-electron chi connectivity index (χ1n) is 6.23. The summed E-state index contributed by atoms with van der Waals surface area (Å²) >= 11 is 12.3. The minimum absolute atomic E-state index is 0.435. The van der Waals surface area contributed by atoms with E-state index in [9.17, 15) is 5.11 Å². The van der Waals surface area contributed by atoms with Gasteiger partial charge in [0.2, 0.25) is 0 Å².